The number of hydrogen-bond acceptors (Lipinski definition) is 3. The number of aromatic carboxylic acids is 1. The molecular formula is C14H18N2O3. The van der Waals surface area contributed by atoms with E-state index in [1.54, 1.807) is 17.0 Å². The van der Waals surface area contributed by atoms with Crippen LogP contribution in [0.5, 0.6) is 0 Å². The first-order valence-electron chi connectivity index (χ1n) is 6.44. The molecule has 1 heterocycles. The van der Waals surface area contributed by atoms with E-state index in [1.165, 1.54) is 12.1 Å². The number of nitrogens with zero attached hydrogens (tertiary/aromatic N) is 1. The van der Waals surface area contributed by atoms with Crippen LogP contribution in [0, 0.1) is 5.92 Å². The molecule has 1 aliphatic heterocycles. The van der Waals surface area contributed by atoms with Crippen LogP contribution in [0.1, 0.15) is 33.6 Å². The Kier molecular flexibility index (Phi) is 4.16. The summed E-state index contributed by atoms with van der Waals surface area (Å²) in [4.78, 5) is 24.9. The average molecular weight is 262 g/mol. The van der Waals surface area contributed by atoms with Gasteiger partial charge in [-0.05, 0) is 43.5 Å². The molecule has 5 nitrogen and oxygen atoms in total. The predicted octanol–water partition coefficient (Wildman–Crippen LogP) is 1.20. The normalized spacial score (nSPS) is 16.4. The Morgan fingerprint density at radius 3 is 2.47 bits per heavy atom. The first kappa shape index (κ1) is 13.5. The molecule has 102 valence electrons. The quantitative estimate of drug-likeness (QED) is 0.857. The molecule has 3 N–H and O–H groups in total. The fourth-order valence-corrected chi connectivity index (χ4v) is 2.34. The molecule has 1 aliphatic rings. The van der Waals surface area contributed by atoms with Crippen LogP contribution >= 0.6 is 0 Å². The van der Waals surface area contributed by atoms with Crippen molar-refractivity contribution in [1.29, 1.82) is 0 Å². The number of amides is 1. The van der Waals surface area contributed by atoms with Crippen molar-refractivity contribution in [2.24, 2.45) is 11.7 Å². The van der Waals surface area contributed by atoms with E-state index in [9.17, 15) is 9.59 Å². The number of benzene rings is 1. The molecule has 0 atom stereocenters. The minimum atomic E-state index is -1.02. The zero-order valence-corrected chi connectivity index (χ0v) is 10.7. The molecule has 5 heteroatoms. The van der Waals surface area contributed by atoms with Gasteiger partial charge >= 0.3 is 5.97 Å². The van der Waals surface area contributed by atoms with E-state index in [0.717, 1.165) is 12.8 Å². The number of carboxylic acids is 1. The molecular weight excluding hydrogens is 244 g/mol. The number of piperidine rings is 1. The molecule has 0 saturated carbocycles. The number of likely N-dealkylation sites (tertiary alicyclic amines) is 1. The average Bonchev–Trinajstić information content (AvgIpc) is 2.46. The van der Waals surface area contributed by atoms with Crippen molar-refractivity contribution >= 4 is 11.9 Å². The minimum Gasteiger partial charge on any atom is -0.478 e. The summed E-state index contributed by atoms with van der Waals surface area (Å²) >= 11 is 0. The molecule has 19 heavy (non-hydrogen) atoms. The molecule has 0 radical (unpaired) electrons. The van der Waals surface area contributed by atoms with Gasteiger partial charge in [-0.15, -0.1) is 0 Å². The number of carboxylic acid groups (broad SMARTS) is 1. The summed E-state index contributed by atoms with van der Waals surface area (Å²) in [5.41, 5.74) is 6.20. The van der Waals surface area contributed by atoms with Gasteiger partial charge in [0.1, 0.15) is 0 Å². The Labute approximate surface area is 112 Å². The standard InChI is InChI=1S/C14H18N2O3/c15-9-10-4-6-16(7-5-10)13(17)11-2-1-3-12(8-11)14(18)19/h1-3,8,10H,4-7,9,15H2,(H,18,19). The van der Waals surface area contributed by atoms with Crippen LogP contribution in [-0.2, 0) is 0 Å². The van der Waals surface area contributed by atoms with Gasteiger partial charge in [0, 0.05) is 18.7 Å². The highest BCUT2D eigenvalue weighted by Gasteiger charge is 2.23. The van der Waals surface area contributed by atoms with Gasteiger partial charge in [-0.1, -0.05) is 6.07 Å². The van der Waals surface area contributed by atoms with Gasteiger partial charge in [-0.25, -0.2) is 4.79 Å². The molecule has 1 amide bonds. The molecule has 1 saturated heterocycles. The molecule has 0 aliphatic carbocycles. The van der Waals surface area contributed by atoms with E-state index >= 15 is 0 Å². The lowest BCUT2D eigenvalue weighted by molar-refractivity contribution is 0.0693. The predicted molar refractivity (Wildman–Crippen MR) is 71.1 cm³/mol. The molecule has 2 rings (SSSR count). The molecule has 0 aromatic heterocycles. The molecule has 1 aromatic carbocycles. The Hall–Kier alpha value is -1.88. The first-order valence-corrected chi connectivity index (χ1v) is 6.44. The lowest BCUT2D eigenvalue weighted by Crippen LogP contribution is -2.40. The van der Waals surface area contributed by atoms with Gasteiger partial charge in [0.2, 0.25) is 0 Å². The molecule has 1 aromatic rings. The second-order valence-electron chi connectivity index (χ2n) is 4.86. The summed E-state index contributed by atoms with van der Waals surface area (Å²) in [6.07, 6.45) is 1.84. The number of nitrogens with two attached hydrogens (primary N) is 1. The van der Waals surface area contributed by atoms with Crippen LogP contribution in [0.4, 0.5) is 0 Å². The van der Waals surface area contributed by atoms with Crippen molar-refractivity contribution in [3.05, 3.63) is 35.4 Å². The SMILES string of the molecule is NCC1CCN(C(=O)c2cccc(C(=O)O)c2)CC1. The van der Waals surface area contributed by atoms with E-state index in [4.69, 9.17) is 10.8 Å². The van der Waals surface area contributed by atoms with Gasteiger partial charge in [0.25, 0.3) is 5.91 Å². The van der Waals surface area contributed by atoms with Gasteiger partial charge in [-0.3, -0.25) is 4.79 Å². The summed E-state index contributed by atoms with van der Waals surface area (Å²) in [7, 11) is 0. The lowest BCUT2D eigenvalue weighted by Gasteiger charge is -2.31. The summed E-state index contributed by atoms with van der Waals surface area (Å²) in [6, 6.07) is 6.17. The van der Waals surface area contributed by atoms with Crippen molar-refractivity contribution < 1.29 is 14.7 Å². The van der Waals surface area contributed by atoms with Crippen molar-refractivity contribution in [2.45, 2.75) is 12.8 Å². The fraction of sp³-hybridized carbons (Fsp3) is 0.429. The smallest absolute Gasteiger partial charge is 0.335 e. The first-order chi connectivity index (χ1) is 9.11. The van der Waals surface area contributed by atoms with Crippen molar-refractivity contribution in [2.75, 3.05) is 19.6 Å². The monoisotopic (exact) mass is 262 g/mol. The number of carbonyl (C=O) groups is 2. The van der Waals surface area contributed by atoms with Crippen LogP contribution in [0.25, 0.3) is 0 Å². The topological polar surface area (TPSA) is 83.6 Å². The summed E-state index contributed by atoms with van der Waals surface area (Å²) in [6.45, 7) is 2.05. The second-order valence-corrected chi connectivity index (χ2v) is 4.86. The Morgan fingerprint density at radius 2 is 1.89 bits per heavy atom. The summed E-state index contributed by atoms with van der Waals surface area (Å²) < 4.78 is 0. The van der Waals surface area contributed by atoms with Crippen molar-refractivity contribution in [1.82, 2.24) is 4.90 Å². The van der Waals surface area contributed by atoms with Gasteiger partial charge in [0.15, 0.2) is 0 Å². The van der Waals surface area contributed by atoms with Crippen LogP contribution in [0.3, 0.4) is 0 Å². The third kappa shape index (κ3) is 3.12. The lowest BCUT2D eigenvalue weighted by atomic mass is 9.96. The zero-order chi connectivity index (χ0) is 13.8. The maximum Gasteiger partial charge on any atom is 0.335 e. The molecule has 1 fully saturated rings. The number of carbonyl (C=O) groups excluding carboxylic acids is 1. The third-order valence-corrected chi connectivity index (χ3v) is 3.59. The number of hydrogen-bond donors (Lipinski definition) is 2. The zero-order valence-electron chi connectivity index (χ0n) is 10.7. The van der Waals surface area contributed by atoms with E-state index in [1.807, 2.05) is 0 Å². The van der Waals surface area contributed by atoms with Crippen molar-refractivity contribution in [3.63, 3.8) is 0 Å². The van der Waals surface area contributed by atoms with E-state index in [-0.39, 0.29) is 11.5 Å². The van der Waals surface area contributed by atoms with E-state index in [0.29, 0.717) is 31.1 Å². The van der Waals surface area contributed by atoms with Crippen LogP contribution < -0.4 is 5.73 Å². The van der Waals surface area contributed by atoms with Crippen LogP contribution in [0.2, 0.25) is 0 Å². The maximum atomic E-state index is 12.3. The van der Waals surface area contributed by atoms with Crippen LogP contribution in [-0.4, -0.2) is 41.5 Å². The van der Waals surface area contributed by atoms with Crippen LogP contribution in [0.15, 0.2) is 24.3 Å². The van der Waals surface area contributed by atoms with E-state index < -0.39 is 5.97 Å². The largest absolute Gasteiger partial charge is 0.478 e. The van der Waals surface area contributed by atoms with Gasteiger partial charge < -0.3 is 15.7 Å². The summed E-state index contributed by atoms with van der Waals surface area (Å²) in [5.74, 6) is -0.621. The maximum absolute atomic E-state index is 12.3. The molecule has 0 bridgehead atoms. The van der Waals surface area contributed by atoms with E-state index in [2.05, 4.69) is 0 Å². The highest BCUT2D eigenvalue weighted by molar-refractivity contribution is 5.97. The van der Waals surface area contributed by atoms with Gasteiger partial charge in [-0.2, -0.15) is 0 Å². The Bertz CT molecular complexity index is 479. The fourth-order valence-electron chi connectivity index (χ4n) is 2.34. The van der Waals surface area contributed by atoms with Crippen molar-refractivity contribution in [3.8, 4) is 0 Å². The highest BCUT2D eigenvalue weighted by atomic mass is 16.4. The summed E-state index contributed by atoms with van der Waals surface area (Å²) in [5, 5.41) is 8.93. The number of rotatable bonds is 3. The Balaban J connectivity index is 2.08. The third-order valence-electron chi connectivity index (χ3n) is 3.59. The molecule has 0 spiro atoms. The highest BCUT2D eigenvalue weighted by Crippen LogP contribution is 2.18. The Morgan fingerprint density at radius 1 is 1.26 bits per heavy atom. The van der Waals surface area contributed by atoms with Gasteiger partial charge in [0.05, 0.1) is 5.56 Å². The second kappa shape index (κ2) is 5.84. The minimum absolute atomic E-state index is 0.0985. The molecule has 0 unspecified atom stereocenters.